The Morgan fingerprint density at radius 3 is 2.78 bits per heavy atom. The number of rotatable bonds is 4. The minimum atomic E-state index is -0.0268. The quantitative estimate of drug-likeness (QED) is 0.930. The second kappa shape index (κ2) is 7.23. The molecule has 1 amide bonds. The van der Waals surface area contributed by atoms with E-state index in [2.05, 4.69) is 4.98 Å². The molecule has 1 fully saturated rings. The number of hydrogen-bond donors (Lipinski definition) is 1. The molecule has 0 radical (unpaired) electrons. The summed E-state index contributed by atoms with van der Waals surface area (Å²) in [6, 6.07) is 7.97. The maximum atomic E-state index is 12.7. The van der Waals surface area contributed by atoms with Crippen molar-refractivity contribution < 1.29 is 9.90 Å². The molecule has 1 aliphatic rings. The minimum absolute atomic E-state index is 0.000814. The monoisotopic (exact) mass is 330 g/mol. The third-order valence-electron chi connectivity index (χ3n) is 4.58. The van der Waals surface area contributed by atoms with E-state index >= 15 is 0 Å². The summed E-state index contributed by atoms with van der Waals surface area (Å²) in [5, 5.41) is 12.1. The van der Waals surface area contributed by atoms with Gasteiger partial charge in [0.2, 0.25) is 0 Å². The third-order valence-corrected chi connectivity index (χ3v) is 5.46. The van der Waals surface area contributed by atoms with Gasteiger partial charge in [0.25, 0.3) is 5.91 Å². The number of aliphatic hydroxyl groups excluding tert-OH is 1. The molecule has 1 aliphatic carbocycles. The highest BCUT2D eigenvalue weighted by Gasteiger charge is 2.24. The maximum absolute atomic E-state index is 12.7. The van der Waals surface area contributed by atoms with E-state index < -0.39 is 0 Å². The zero-order valence-corrected chi connectivity index (χ0v) is 14.2. The summed E-state index contributed by atoms with van der Waals surface area (Å²) in [4.78, 5) is 19.0. The van der Waals surface area contributed by atoms with Crippen LogP contribution in [0.15, 0.2) is 29.6 Å². The molecule has 23 heavy (non-hydrogen) atoms. The van der Waals surface area contributed by atoms with Gasteiger partial charge in [0.05, 0.1) is 6.61 Å². The fraction of sp³-hybridized carbons (Fsp3) is 0.444. The maximum Gasteiger partial charge on any atom is 0.273 e. The first-order valence-corrected chi connectivity index (χ1v) is 9.00. The first-order chi connectivity index (χ1) is 11.2. The summed E-state index contributed by atoms with van der Waals surface area (Å²) in [7, 11) is 1.89. The molecular weight excluding hydrogens is 308 g/mol. The van der Waals surface area contributed by atoms with Crippen molar-refractivity contribution in [1.29, 1.82) is 0 Å². The van der Waals surface area contributed by atoms with Gasteiger partial charge in [-0.2, -0.15) is 0 Å². The van der Waals surface area contributed by atoms with Crippen LogP contribution in [0.3, 0.4) is 0 Å². The highest BCUT2D eigenvalue weighted by Crippen LogP contribution is 2.28. The largest absolute Gasteiger partial charge is 0.392 e. The Kier molecular flexibility index (Phi) is 5.08. The first-order valence-electron chi connectivity index (χ1n) is 8.12. The lowest BCUT2D eigenvalue weighted by molar-refractivity contribution is 0.0691. The van der Waals surface area contributed by atoms with Crippen LogP contribution >= 0.6 is 11.3 Å². The molecule has 0 saturated heterocycles. The molecule has 1 saturated carbocycles. The van der Waals surface area contributed by atoms with Crippen LogP contribution in [0, 0.1) is 0 Å². The summed E-state index contributed by atoms with van der Waals surface area (Å²) in [6.45, 7) is -0.0268. The summed E-state index contributed by atoms with van der Waals surface area (Å²) in [6.07, 6.45) is 5.86. The van der Waals surface area contributed by atoms with Crippen molar-refractivity contribution in [2.75, 3.05) is 7.05 Å². The zero-order valence-electron chi connectivity index (χ0n) is 13.4. The lowest BCUT2D eigenvalue weighted by Crippen LogP contribution is -2.38. The Bertz CT molecular complexity index is 677. The minimum Gasteiger partial charge on any atom is -0.392 e. The second-order valence-electron chi connectivity index (χ2n) is 6.06. The molecule has 5 heteroatoms. The number of nitrogens with zero attached hydrogens (tertiary/aromatic N) is 2. The Morgan fingerprint density at radius 1 is 1.30 bits per heavy atom. The van der Waals surface area contributed by atoms with Gasteiger partial charge in [-0.05, 0) is 18.4 Å². The number of aliphatic hydroxyl groups is 1. The van der Waals surface area contributed by atoms with Gasteiger partial charge in [-0.3, -0.25) is 4.79 Å². The molecule has 0 unspecified atom stereocenters. The van der Waals surface area contributed by atoms with Crippen LogP contribution in [-0.4, -0.2) is 34.0 Å². The number of amides is 1. The van der Waals surface area contributed by atoms with Crippen LogP contribution in [-0.2, 0) is 6.61 Å². The van der Waals surface area contributed by atoms with Crippen LogP contribution in [0.2, 0.25) is 0 Å². The van der Waals surface area contributed by atoms with E-state index in [0.717, 1.165) is 29.0 Å². The average molecular weight is 330 g/mol. The molecule has 4 nitrogen and oxygen atoms in total. The molecule has 0 atom stereocenters. The van der Waals surface area contributed by atoms with E-state index in [4.69, 9.17) is 0 Å². The van der Waals surface area contributed by atoms with Crippen LogP contribution in [0.25, 0.3) is 10.6 Å². The molecule has 1 heterocycles. The Hall–Kier alpha value is -1.72. The van der Waals surface area contributed by atoms with Crippen molar-refractivity contribution in [1.82, 2.24) is 9.88 Å². The number of benzene rings is 1. The molecule has 1 aromatic heterocycles. The van der Waals surface area contributed by atoms with Gasteiger partial charge in [-0.1, -0.05) is 43.5 Å². The zero-order chi connectivity index (χ0) is 16.2. The van der Waals surface area contributed by atoms with Crippen molar-refractivity contribution in [3.05, 3.63) is 40.9 Å². The molecule has 0 spiro atoms. The standard InChI is InChI=1S/C18H22N2O2S/c1-20(14-8-3-2-4-9-14)18(22)16-12-23-17(19-16)15-10-6-5-7-13(15)11-21/h5-7,10,12,14,21H,2-4,8-9,11H2,1H3. The Balaban J connectivity index is 1.79. The first kappa shape index (κ1) is 16.1. The lowest BCUT2D eigenvalue weighted by atomic mass is 9.94. The van der Waals surface area contributed by atoms with Crippen molar-refractivity contribution in [2.45, 2.75) is 44.8 Å². The van der Waals surface area contributed by atoms with Crippen LogP contribution < -0.4 is 0 Å². The third kappa shape index (κ3) is 3.46. The number of aromatic nitrogens is 1. The van der Waals surface area contributed by atoms with Crippen molar-refractivity contribution in [3.63, 3.8) is 0 Å². The second-order valence-corrected chi connectivity index (χ2v) is 6.92. The molecule has 0 aliphatic heterocycles. The summed E-state index contributed by atoms with van der Waals surface area (Å²) in [5.74, 6) is 0.000814. The van der Waals surface area contributed by atoms with Crippen LogP contribution in [0.5, 0.6) is 0 Å². The predicted octanol–water partition coefficient (Wildman–Crippen LogP) is 3.71. The number of thiazole rings is 1. The van der Waals surface area contributed by atoms with Crippen LogP contribution in [0.4, 0.5) is 0 Å². The van der Waals surface area contributed by atoms with Gasteiger partial charge in [-0.25, -0.2) is 4.98 Å². The van der Waals surface area contributed by atoms with E-state index in [0.29, 0.717) is 11.7 Å². The fourth-order valence-corrected chi connectivity index (χ4v) is 4.03. The molecule has 2 aromatic rings. The average Bonchev–Trinajstić information content (AvgIpc) is 3.11. The molecule has 1 N–H and O–H groups in total. The highest BCUT2D eigenvalue weighted by atomic mass is 32.1. The summed E-state index contributed by atoms with van der Waals surface area (Å²) < 4.78 is 0. The molecule has 0 bridgehead atoms. The molecule has 3 rings (SSSR count). The van der Waals surface area contributed by atoms with Gasteiger partial charge < -0.3 is 10.0 Å². The topological polar surface area (TPSA) is 53.4 Å². The summed E-state index contributed by atoms with van der Waals surface area (Å²) in [5.41, 5.74) is 2.24. The predicted molar refractivity (Wildman–Crippen MR) is 92.4 cm³/mol. The summed E-state index contributed by atoms with van der Waals surface area (Å²) >= 11 is 1.45. The van der Waals surface area contributed by atoms with E-state index in [9.17, 15) is 9.90 Å². The smallest absolute Gasteiger partial charge is 0.273 e. The van der Waals surface area contributed by atoms with Gasteiger partial charge >= 0.3 is 0 Å². The van der Waals surface area contributed by atoms with Gasteiger partial charge in [0.15, 0.2) is 0 Å². The number of hydrogen-bond acceptors (Lipinski definition) is 4. The number of carbonyl (C=O) groups is 1. The highest BCUT2D eigenvalue weighted by molar-refractivity contribution is 7.13. The lowest BCUT2D eigenvalue weighted by Gasteiger charge is -2.30. The van der Waals surface area contributed by atoms with Crippen molar-refractivity contribution in [2.24, 2.45) is 0 Å². The van der Waals surface area contributed by atoms with Gasteiger partial charge in [0.1, 0.15) is 10.7 Å². The Morgan fingerprint density at radius 2 is 2.04 bits per heavy atom. The normalized spacial score (nSPS) is 15.6. The molecule has 1 aromatic carbocycles. The SMILES string of the molecule is CN(C(=O)c1csc(-c2ccccc2CO)n1)C1CCCCC1. The Labute approximate surface area is 140 Å². The van der Waals surface area contributed by atoms with Gasteiger partial charge in [-0.15, -0.1) is 11.3 Å². The van der Waals surface area contributed by atoms with E-state index in [1.54, 1.807) is 0 Å². The van der Waals surface area contributed by atoms with E-state index in [1.807, 2.05) is 41.6 Å². The van der Waals surface area contributed by atoms with E-state index in [1.165, 1.54) is 30.6 Å². The molecular formula is C18H22N2O2S. The number of carbonyl (C=O) groups excluding carboxylic acids is 1. The van der Waals surface area contributed by atoms with Gasteiger partial charge in [0, 0.05) is 24.0 Å². The van der Waals surface area contributed by atoms with E-state index in [-0.39, 0.29) is 12.5 Å². The van der Waals surface area contributed by atoms with Crippen LogP contribution in [0.1, 0.15) is 48.2 Å². The molecule has 122 valence electrons. The van der Waals surface area contributed by atoms with Crippen molar-refractivity contribution in [3.8, 4) is 10.6 Å². The van der Waals surface area contributed by atoms with Crippen molar-refractivity contribution >= 4 is 17.2 Å². The fourth-order valence-electron chi connectivity index (χ4n) is 3.18.